The van der Waals surface area contributed by atoms with Gasteiger partial charge in [0.1, 0.15) is 18.3 Å². The van der Waals surface area contributed by atoms with Gasteiger partial charge in [-0.2, -0.15) is 0 Å². The Balaban J connectivity index is 0.000000507. The highest BCUT2D eigenvalue weighted by Gasteiger charge is 2.44. The number of rotatable bonds is 8. The fourth-order valence-electron chi connectivity index (χ4n) is 2.51. The lowest BCUT2D eigenvalue weighted by Gasteiger charge is -2.02. The zero-order chi connectivity index (χ0) is 30.7. The molecule has 3 unspecified atom stereocenters. The maximum absolute atomic E-state index is 10.5. The van der Waals surface area contributed by atoms with Crippen molar-refractivity contribution in [2.24, 2.45) is 0 Å². The van der Waals surface area contributed by atoms with Gasteiger partial charge in [0.05, 0.1) is 19.3 Å². The van der Waals surface area contributed by atoms with Crippen LogP contribution in [0.1, 0.15) is 19.3 Å². The summed E-state index contributed by atoms with van der Waals surface area (Å²) >= 11 is 0. The number of carbonyl (C=O) groups excluding carboxylic acids is 3. The summed E-state index contributed by atoms with van der Waals surface area (Å²) in [6.07, 6.45) is 9.77. The first-order valence-electron chi connectivity index (χ1n) is 10.8. The van der Waals surface area contributed by atoms with Crippen LogP contribution in [0.3, 0.4) is 0 Å². The zero-order valence-electron chi connectivity index (χ0n) is 20.4. The highest BCUT2D eigenvalue weighted by molar-refractivity contribution is 5.85. The molecule has 3 heterocycles. The van der Waals surface area contributed by atoms with Gasteiger partial charge >= 0.3 is 47.8 Å². The van der Waals surface area contributed by atoms with E-state index in [1.807, 2.05) is 0 Å². The van der Waals surface area contributed by atoms with Crippen molar-refractivity contribution in [1.82, 2.24) is 0 Å². The second kappa shape index (κ2) is 18.7. The van der Waals surface area contributed by atoms with E-state index in [-0.39, 0.29) is 43.4 Å². The lowest BCUT2D eigenvalue weighted by atomic mass is 10.2. The van der Waals surface area contributed by atoms with Crippen LogP contribution in [0, 0.1) is 0 Å². The van der Waals surface area contributed by atoms with Crippen LogP contribution in [0.4, 0.5) is 0 Å². The minimum absolute atomic E-state index is 0.151. The number of allylic oxidation sites excluding steroid dienone is 4. The summed E-state index contributed by atoms with van der Waals surface area (Å²) in [6.45, 7) is 0. The lowest BCUT2D eigenvalue weighted by molar-refractivity contribution is -0.146. The fraction of sp³-hybridized carbons (Fsp3) is 0.250. The first-order valence-corrected chi connectivity index (χ1v) is 10.8. The molecule has 3 rings (SSSR count). The molecular weight excluding hydrogens is 544 g/mol. The Bertz CT molecular complexity index is 998. The Morgan fingerprint density at radius 3 is 1.25 bits per heavy atom. The topological polar surface area (TPSA) is 265 Å². The molecule has 0 aromatic rings. The molecule has 0 saturated carbocycles. The van der Waals surface area contributed by atoms with Crippen molar-refractivity contribution >= 4 is 47.8 Å². The summed E-state index contributed by atoms with van der Waals surface area (Å²) in [5.41, 5.74) is 0. The minimum Gasteiger partial charge on any atom is -0.481 e. The number of carbonyl (C=O) groups is 8. The van der Waals surface area contributed by atoms with Crippen LogP contribution in [-0.2, 0) is 52.6 Å². The number of cyclic esters (lactones) is 1. The molecule has 40 heavy (non-hydrogen) atoms. The van der Waals surface area contributed by atoms with Gasteiger partial charge in [-0.1, -0.05) is 24.3 Å². The van der Waals surface area contributed by atoms with Gasteiger partial charge in [0.15, 0.2) is 0 Å². The van der Waals surface area contributed by atoms with Gasteiger partial charge in [-0.25, -0.2) is 24.0 Å². The van der Waals surface area contributed by atoms with Crippen LogP contribution in [0.15, 0.2) is 60.8 Å². The van der Waals surface area contributed by atoms with Crippen molar-refractivity contribution in [3.63, 3.8) is 0 Å². The summed E-state index contributed by atoms with van der Waals surface area (Å²) in [4.78, 5) is 80.6. The summed E-state index contributed by atoms with van der Waals surface area (Å²) in [7, 11) is 0. The number of esters is 3. The largest absolute Gasteiger partial charge is 0.481 e. The van der Waals surface area contributed by atoms with Gasteiger partial charge in [-0.15, -0.1) is 0 Å². The molecule has 0 aliphatic carbocycles. The van der Waals surface area contributed by atoms with E-state index in [9.17, 15) is 38.4 Å². The first kappa shape index (κ1) is 34.5. The molecule has 0 amide bonds. The molecule has 3 aliphatic heterocycles. The number of ether oxygens (including phenoxy) is 3. The quantitative estimate of drug-likeness (QED) is 0.112. The monoisotopic (exact) mass is 568 g/mol. The molecule has 3 atom stereocenters. The van der Waals surface area contributed by atoms with Crippen molar-refractivity contribution < 1.29 is 78.1 Å². The standard InChI is InChI=1S/4C6H6O4/c7-5-1-3-4(10-5)2-6(8)9-3;7-5(8)3-4-1-2-6(9)10-4;2*7-5(8)3-1-2-4-6(9)10/h3-4H,1-2H2;1-2,4H,3H2,(H,7,8);2*1-4H,(H,7,8)(H,9,10)/b;;3-1-,4-2+;3-1-,4-2-. The van der Waals surface area contributed by atoms with Crippen molar-refractivity contribution in [3.8, 4) is 0 Å². The molecule has 0 spiro atoms. The van der Waals surface area contributed by atoms with Crippen molar-refractivity contribution in [3.05, 3.63) is 60.8 Å². The smallest absolute Gasteiger partial charge is 0.331 e. The number of carboxylic acids is 5. The molecule has 0 aromatic carbocycles. The normalized spacial score (nSPS) is 20.4. The third kappa shape index (κ3) is 18.7. The van der Waals surface area contributed by atoms with E-state index in [4.69, 9.17) is 35.0 Å². The molecule has 0 radical (unpaired) electrons. The molecule has 3 aliphatic rings. The Morgan fingerprint density at radius 1 is 0.650 bits per heavy atom. The van der Waals surface area contributed by atoms with E-state index in [1.54, 1.807) is 0 Å². The van der Waals surface area contributed by atoms with Gasteiger partial charge < -0.3 is 39.7 Å². The van der Waals surface area contributed by atoms with Crippen LogP contribution >= 0.6 is 0 Å². The number of carboxylic acid groups (broad SMARTS) is 5. The van der Waals surface area contributed by atoms with Crippen LogP contribution in [0.2, 0.25) is 0 Å². The Labute approximate surface area is 224 Å². The first-order chi connectivity index (χ1) is 18.7. The van der Waals surface area contributed by atoms with E-state index in [0.717, 1.165) is 48.6 Å². The molecular formula is C24H24O16. The average Bonchev–Trinajstić information content (AvgIpc) is 3.48. The van der Waals surface area contributed by atoms with Crippen LogP contribution in [0.5, 0.6) is 0 Å². The van der Waals surface area contributed by atoms with Gasteiger partial charge in [-0.3, -0.25) is 14.4 Å². The molecule has 216 valence electrons. The Kier molecular flexibility index (Phi) is 16.1. The summed E-state index contributed by atoms with van der Waals surface area (Å²) in [5.74, 6) is -6.37. The lowest BCUT2D eigenvalue weighted by Crippen LogP contribution is -2.13. The molecule has 0 aromatic heterocycles. The van der Waals surface area contributed by atoms with Crippen LogP contribution in [-0.4, -0.2) is 91.6 Å². The van der Waals surface area contributed by atoms with Gasteiger partial charge in [0, 0.05) is 30.4 Å². The van der Waals surface area contributed by atoms with E-state index < -0.39 is 41.9 Å². The van der Waals surface area contributed by atoms with E-state index in [2.05, 4.69) is 4.74 Å². The van der Waals surface area contributed by atoms with E-state index in [0.29, 0.717) is 0 Å². The zero-order valence-corrected chi connectivity index (χ0v) is 20.4. The number of hydrogen-bond donors (Lipinski definition) is 5. The Morgan fingerprint density at radius 2 is 1.00 bits per heavy atom. The maximum Gasteiger partial charge on any atom is 0.331 e. The summed E-state index contributed by atoms with van der Waals surface area (Å²) in [5, 5.41) is 40.3. The van der Waals surface area contributed by atoms with Crippen molar-refractivity contribution in [2.45, 2.75) is 37.6 Å². The number of aliphatic carboxylic acids is 5. The van der Waals surface area contributed by atoms with Crippen molar-refractivity contribution in [2.75, 3.05) is 0 Å². The van der Waals surface area contributed by atoms with E-state index in [1.165, 1.54) is 12.2 Å². The second-order valence-corrected chi connectivity index (χ2v) is 7.19. The molecule has 2 saturated heterocycles. The molecule has 5 N–H and O–H groups in total. The fourth-order valence-corrected chi connectivity index (χ4v) is 2.51. The van der Waals surface area contributed by atoms with Crippen LogP contribution < -0.4 is 0 Å². The number of hydrogen-bond acceptors (Lipinski definition) is 11. The summed E-state index contributed by atoms with van der Waals surface area (Å²) < 4.78 is 14.1. The third-order valence-corrected chi connectivity index (χ3v) is 3.98. The third-order valence-electron chi connectivity index (χ3n) is 3.98. The van der Waals surface area contributed by atoms with Crippen LogP contribution in [0.25, 0.3) is 0 Å². The minimum atomic E-state index is -1.10. The Hall–Kier alpha value is -5.54. The predicted molar refractivity (Wildman–Crippen MR) is 127 cm³/mol. The van der Waals surface area contributed by atoms with Gasteiger partial charge in [0.25, 0.3) is 0 Å². The highest BCUT2D eigenvalue weighted by atomic mass is 16.6. The highest BCUT2D eigenvalue weighted by Crippen LogP contribution is 2.27. The predicted octanol–water partition coefficient (Wildman–Crippen LogP) is 0.0961. The van der Waals surface area contributed by atoms with Gasteiger partial charge in [0.2, 0.25) is 0 Å². The summed E-state index contributed by atoms with van der Waals surface area (Å²) in [6, 6.07) is 0. The maximum atomic E-state index is 10.5. The second-order valence-electron chi connectivity index (χ2n) is 7.19. The average molecular weight is 568 g/mol. The van der Waals surface area contributed by atoms with Crippen molar-refractivity contribution in [1.29, 1.82) is 0 Å². The van der Waals surface area contributed by atoms with E-state index >= 15 is 0 Å². The molecule has 0 bridgehead atoms. The molecule has 16 nitrogen and oxygen atoms in total. The molecule has 2 fully saturated rings. The molecule has 16 heteroatoms. The number of fused-ring (bicyclic) bond motifs is 1. The SMILES string of the molecule is O=C(O)/C=C\C=C/C(=O)O.O=C(O)/C=C\C=C\C(=O)O.O=C(O)CC1C=CC(=O)O1.O=C1CC2OC(=O)CC2O1. The van der Waals surface area contributed by atoms with Gasteiger partial charge in [-0.05, 0) is 6.08 Å².